The highest BCUT2D eigenvalue weighted by Crippen LogP contribution is 2.24. The van der Waals surface area contributed by atoms with E-state index in [0.29, 0.717) is 17.1 Å². The monoisotopic (exact) mass is 325 g/mol. The van der Waals surface area contributed by atoms with Crippen LogP contribution in [0.5, 0.6) is 11.5 Å². The van der Waals surface area contributed by atoms with Crippen LogP contribution in [0.25, 0.3) is 10.9 Å². The quantitative estimate of drug-likeness (QED) is 0.708. The fraction of sp³-hybridized carbons (Fsp3) is 0.118. The number of nitrogens with zero attached hydrogens (tertiary/aromatic N) is 2. The topological polar surface area (TPSA) is 108 Å². The molecule has 0 spiro atoms. The highest BCUT2D eigenvalue weighted by atomic mass is 16.5. The number of esters is 1. The Bertz CT molecular complexity index is 911. The number of anilines is 1. The molecule has 0 bridgehead atoms. The zero-order valence-electron chi connectivity index (χ0n) is 12.9. The summed E-state index contributed by atoms with van der Waals surface area (Å²) in [4.78, 5) is 20.6. The zero-order chi connectivity index (χ0) is 17.1. The fourth-order valence-electron chi connectivity index (χ4n) is 2.23. The van der Waals surface area contributed by atoms with Crippen molar-refractivity contribution in [2.75, 3.05) is 12.8 Å². The molecule has 7 heteroatoms. The minimum Gasteiger partial charge on any atom is -0.507 e. The second kappa shape index (κ2) is 6.41. The number of aromatic hydroxyl groups is 1. The molecule has 0 radical (unpaired) electrons. The third-order valence-electron chi connectivity index (χ3n) is 3.44. The number of para-hydroxylation sites is 1. The normalized spacial score (nSPS) is 10.5. The Balaban J connectivity index is 1.79. The van der Waals surface area contributed by atoms with Gasteiger partial charge in [0.15, 0.2) is 12.4 Å². The molecule has 0 fully saturated rings. The molecule has 3 aromatic rings. The first-order valence-electron chi connectivity index (χ1n) is 7.13. The van der Waals surface area contributed by atoms with E-state index in [2.05, 4.69) is 9.97 Å². The molecule has 0 amide bonds. The summed E-state index contributed by atoms with van der Waals surface area (Å²) in [5, 5.41) is 10.5. The van der Waals surface area contributed by atoms with E-state index in [0.717, 1.165) is 5.39 Å². The van der Waals surface area contributed by atoms with Gasteiger partial charge in [0.1, 0.15) is 22.9 Å². The number of fused-ring (bicyclic) bond motifs is 1. The van der Waals surface area contributed by atoms with E-state index in [1.165, 1.54) is 19.2 Å². The van der Waals surface area contributed by atoms with Crippen LogP contribution in [-0.4, -0.2) is 28.2 Å². The molecule has 0 saturated heterocycles. The molecule has 24 heavy (non-hydrogen) atoms. The molecule has 0 aliphatic carbocycles. The van der Waals surface area contributed by atoms with Crippen LogP contribution in [0.4, 0.5) is 5.82 Å². The first-order chi connectivity index (χ1) is 11.6. The SMILES string of the molecule is COc1ccc(O)c(C(=O)OCc2nc(N)c3ccccc3n2)c1. The molecule has 0 aliphatic heterocycles. The van der Waals surface area contributed by atoms with Crippen LogP contribution < -0.4 is 10.5 Å². The number of nitrogen functional groups attached to an aromatic ring is 1. The Kier molecular flexibility index (Phi) is 4.15. The maximum absolute atomic E-state index is 12.1. The van der Waals surface area contributed by atoms with Crippen LogP contribution in [0, 0.1) is 0 Å². The van der Waals surface area contributed by atoms with Gasteiger partial charge in [0.2, 0.25) is 0 Å². The van der Waals surface area contributed by atoms with Crippen LogP contribution in [0.1, 0.15) is 16.2 Å². The number of nitrogens with two attached hydrogens (primary N) is 1. The second-order valence-corrected chi connectivity index (χ2v) is 5.00. The molecule has 3 N–H and O–H groups in total. The van der Waals surface area contributed by atoms with Crippen molar-refractivity contribution < 1.29 is 19.4 Å². The summed E-state index contributed by atoms with van der Waals surface area (Å²) in [6.07, 6.45) is 0. The second-order valence-electron chi connectivity index (χ2n) is 5.00. The first kappa shape index (κ1) is 15.5. The molecule has 0 aliphatic rings. The van der Waals surface area contributed by atoms with E-state index in [9.17, 15) is 9.90 Å². The largest absolute Gasteiger partial charge is 0.507 e. The van der Waals surface area contributed by atoms with E-state index in [-0.39, 0.29) is 23.7 Å². The number of hydrogen-bond acceptors (Lipinski definition) is 7. The van der Waals surface area contributed by atoms with E-state index in [1.54, 1.807) is 12.1 Å². The highest BCUT2D eigenvalue weighted by Gasteiger charge is 2.15. The lowest BCUT2D eigenvalue weighted by Gasteiger charge is -2.08. The zero-order valence-corrected chi connectivity index (χ0v) is 12.9. The predicted molar refractivity (Wildman–Crippen MR) is 87.7 cm³/mol. The number of methoxy groups -OCH3 is 1. The molecule has 0 unspecified atom stereocenters. The molecule has 1 aromatic heterocycles. The Morgan fingerprint density at radius 1 is 1.21 bits per heavy atom. The smallest absolute Gasteiger partial charge is 0.342 e. The van der Waals surface area contributed by atoms with Gasteiger partial charge in [-0.05, 0) is 30.3 Å². The lowest BCUT2D eigenvalue weighted by Crippen LogP contribution is -2.09. The Labute approximate surface area is 137 Å². The van der Waals surface area contributed by atoms with Crippen molar-refractivity contribution in [1.29, 1.82) is 0 Å². The van der Waals surface area contributed by atoms with Crippen molar-refractivity contribution in [3.05, 3.63) is 53.9 Å². The standard InChI is InChI=1S/C17H15N3O4/c1-23-10-6-7-14(21)12(8-10)17(22)24-9-15-19-13-5-3-2-4-11(13)16(18)20-15/h2-8,21H,9H2,1H3,(H2,18,19,20). The van der Waals surface area contributed by atoms with Crippen molar-refractivity contribution in [2.24, 2.45) is 0 Å². The molecule has 0 saturated carbocycles. The Morgan fingerprint density at radius 3 is 2.79 bits per heavy atom. The van der Waals surface area contributed by atoms with E-state index < -0.39 is 5.97 Å². The minimum atomic E-state index is -0.707. The van der Waals surface area contributed by atoms with Gasteiger partial charge in [0, 0.05) is 5.39 Å². The lowest BCUT2D eigenvalue weighted by atomic mass is 10.2. The number of ether oxygens (including phenoxy) is 2. The van der Waals surface area contributed by atoms with Gasteiger partial charge in [0.25, 0.3) is 0 Å². The predicted octanol–water partition coefficient (Wildman–Crippen LogP) is 2.28. The van der Waals surface area contributed by atoms with Crippen molar-refractivity contribution in [3.8, 4) is 11.5 Å². The molecular weight excluding hydrogens is 310 g/mol. The molecule has 2 aromatic carbocycles. The number of phenolic OH excluding ortho intramolecular Hbond substituents is 1. The lowest BCUT2D eigenvalue weighted by molar-refractivity contribution is 0.0459. The third kappa shape index (κ3) is 3.05. The number of hydrogen-bond donors (Lipinski definition) is 2. The Morgan fingerprint density at radius 2 is 2.00 bits per heavy atom. The van der Waals surface area contributed by atoms with Crippen LogP contribution in [0.3, 0.4) is 0 Å². The molecule has 7 nitrogen and oxygen atoms in total. The van der Waals surface area contributed by atoms with Gasteiger partial charge in [-0.3, -0.25) is 0 Å². The van der Waals surface area contributed by atoms with Crippen LogP contribution >= 0.6 is 0 Å². The van der Waals surface area contributed by atoms with Crippen molar-refractivity contribution in [2.45, 2.75) is 6.61 Å². The van der Waals surface area contributed by atoms with E-state index in [1.807, 2.05) is 18.2 Å². The summed E-state index contributed by atoms with van der Waals surface area (Å²) < 4.78 is 10.2. The summed E-state index contributed by atoms with van der Waals surface area (Å²) in [5.41, 5.74) is 6.56. The third-order valence-corrected chi connectivity index (χ3v) is 3.44. The van der Waals surface area contributed by atoms with Gasteiger partial charge in [-0.25, -0.2) is 14.8 Å². The Hall–Kier alpha value is -3.35. The molecule has 1 heterocycles. The van der Waals surface area contributed by atoms with Gasteiger partial charge in [0.05, 0.1) is 12.6 Å². The number of aromatic nitrogens is 2. The highest BCUT2D eigenvalue weighted by molar-refractivity contribution is 5.93. The maximum Gasteiger partial charge on any atom is 0.342 e. The number of rotatable bonds is 4. The van der Waals surface area contributed by atoms with Gasteiger partial charge < -0.3 is 20.3 Å². The number of carbonyl (C=O) groups is 1. The summed E-state index contributed by atoms with van der Waals surface area (Å²) in [6.45, 7) is -0.162. The molecule has 0 atom stereocenters. The maximum atomic E-state index is 12.1. The van der Waals surface area contributed by atoms with Crippen LogP contribution in [0.15, 0.2) is 42.5 Å². The number of carbonyl (C=O) groups excluding carboxylic acids is 1. The minimum absolute atomic E-state index is 0.00288. The number of benzene rings is 2. The van der Waals surface area contributed by atoms with Gasteiger partial charge >= 0.3 is 5.97 Å². The fourth-order valence-corrected chi connectivity index (χ4v) is 2.23. The first-order valence-corrected chi connectivity index (χ1v) is 7.13. The molecular formula is C17H15N3O4. The van der Waals surface area contributed by atoms with Gasteiger partial charge in [-0.15, -0.1) is 0 Å². The summed E-state index contributed by atoms with van der Waals surface area (Å²) >= 11 is 0. The van der Waals surface area contributed by atoms with Crippen molar-refractivity contribution in [3.63, 3.8) is 0 Å². The summed E-state index contributed by atoms with van der Waals surface area (Å²) in [7, 11) is 1.47. The van der Waals surface area contributed by atoms with Crippen molar-refractivity contribution in [1.82, 2.24) is 9.97 Å². The van der Waals surface area contributed by atoms with Crippen LogP contribution in [-0.2, 0) is 11.3 Å². The number of phenols is 1. The van der Waals surface area contributed by atoms with E-state index in [4.69, 9.17) is 15.2 Å². The van der Waals surface area contributed by atoms with Gasteiger partial charge in [-0.1, -0.05) is 12.1 Å². The molecule has 3 rings (SSSR count). The van der Waals surface area contributed by atoms with E-state index >= 15 is 0 Å². The molecule has 122 valence electrons. The summed E-state index contributed by atoms with van der Waals surface area (Å²) in [5.74, 6) is 0.130. The average Bonchev–Trinajstić information content (AvgIpc) is 2.60. The summed E-state index contributed by atoms with van der Waals surface area (Å²) in [6, 6.07) is 11.6. The average molecular weight is 325 g/mol. The van der Waals surface area contributed by atoms with Crippen LogP contribution in [0.2, 0.25) is 0 Å². The van der Waals surface area contributed by atoms with Gasteiger partial charge in [-0.2, -0.15) is 0 Å². The van der Waals surface area contributed by atoms with Crippen molar-refractivity contribution >= 4 is 22.7 Å².